The van der Waals surface area contributed by atoms with Crippen LogP contribution in [0.15, 0.2) is 46.9 Å². The highest BCUT2D eigenvalue weighted by Gasteiger charge is 2.34. The third-order valence-electron chi connectivity index (χ3n) is 6.88. The van der Waals surface area contributed by atoms with Crippen LogP contribution in [0.1, 0.15) is 47.4 Å². The molecule has 1 amide bonds. The third-order valence-corrected chi connectivity index (χ3v) is 6.88. The highest BCUT2D eigenvalue weighted by molar-refractivity contribution is 5.96. The first-order valence-corrected chi connectivity index (χ1v) is 11.7. The lowest BCUT2D eigenvalue weighted by atomic mass is 9.84. The predicted molar refractivity (Wildman–Crippen MR) is 122 cm³/mol. The van der Waals surface area contributed by atoms with Crippen LogP contribution in [0, 0.1) is 11.6 Å². The van der Waals surface area contributed by atoms with Gasteiger partial charge in [-0.1, -0.05) is 6.07 Å². The fraction of sp³-hybridized carbons (Fsp3) is 0.423. The van der Waals surface area contributed by atoms with Crippen molar-refractivity contribution in [3.8, 4) is 0 Å². The molecule has 0 bridgehead atoms. The quantitative estimate of drug-likeness (QED) is 0.567. The van der Waals surface area contributed by atoms with E-state index in [1.807, 2.05) is 17.0 Å². The van der Waals surface area contributed by atoms with E-state index >= 15 is 0 Å². The molecule has 2 aliphatic rings. The fourth-order valence-electron chi connectivity index (χ4n) is 4.82. The van der Waals surface area contributed by atoms with Gasteiger partial charge in [0.15, 0.2) is 5.76 Å². The van der Waals surface area contributed by atoms with E-state index < -0.39 is 17.2 Å². The van der Waals surface area contributed by atoms with Crippen molar-refractivity contribution in [2.45, 2.75) is 43.9 Å². The predicted octanol–water partition coefficient (Wildman–Crippen LogP) is 4.10. The Kier molecular flexibility index (Phi) is 6.38. The Morgan fingerprint density at radius 3 is 2.74 bits per heavy atom. The molecule has 6 nitrogen and oxygen atoms in total. The zero-order valence-electron chi connectivity index (χ0n) is 18.9. The van der Waals surface area contributed by atoms with Gasteiger partial charge in [-0.2, -0.15) is 0 Å². The maximum atomic E-state index is 14.0. The lowest BCUT2D eigenvalue weighted by Crippen LogP contribution is -2.42. The lowest BCUT2D eigenvalue weighted by molar-refractivity contribution is -0.0278. The number of hydrogen-bond donors (Lipinski definition) is 2. The standard InChI is InChI=1S/C26H28F2N2O4/c27-20-4-5-22(28)18(13-20)16-30-9-7-26(32,8-10-30)19-3-6-23-17(12-19)14-24(34-23)25(31)29-15-21-2-1-11-33-21/h3-6,12-14,21,32H,1-2,7-11,15-16H2,(H,29,31). The van der Waals surface area contributed by atoms with Gasteiger partial charge in [0.2, 0.25) is 0 Å². The number of ether oxygens (including phenoxy) is 1. The van der Waals surface area contributed by atoms with Gasteiger partial charge in [-0.3, -0.25) is 9.69 Å². The van der Waals surface area contributed by atoms with Gasteiger partial charge in [-0.05, 0) is 67.6 Å². The maximum Gasteiger partial charge on any atom is 0.287 e. The summed E-state index contributed by atoms with van der Waals surface area (Å²) in [6, 6.07) is 10.6. The van der Waals surface area contributed by atoms with E-state index in [9.17, 15) is 18.7 Å². The van der Waals surface area contributed by atoms with Crippen LogP contribution in [0.3, 0.4) is 0 Å². The molecule has 3 heterocycles. The number of carbonyl (C=O) groups is 1. The molecular formula is C26H28F2N2O4. The molecule has 34 heavy (non-hydrogen) atoms. The van der Waals surface area contributed by atoms with Crippen molar-refractivity contribution in [1.82, 2.24) is 10.2 Å². The number of rotatable bonds is 6. The zero-order chi connectivity index (χ0) is 23.7. The smallest absolute Gasteiger partial charge is 0.287 e. The molecular weight excluding hydrogens is 442 g/mol. The number of likely N-dealkylation sites (tertiary alicyclic amines) is 1. The summed E-state index contributed by atoms with van der Waals surface area (Å²) in [6.07, 6.45) is 2.93. The average molecular weight is 471 g/mol. The molecule has 2 aromatic carbocycles. The van der Waals surface area contributed by atoms with Crippen molar-refractivity contribution in [1.29, 1.82) is 0 Å². The first-order valence-electron chi connectivity index (χ1n) is 11.7. The molecule has 1 aromatic heterocycles. The summed E-state index contributed by atoms with van der Waals surface area (Å²) in [5.41, 5.74) is 0.609. The first-order chi connectivity index (χ1) is 16.4. The van der Waals surface area contributed by atoms with E-state index in [1.165, 1.54) is 6.07 Å². The normalized spacial score (nSPS) is 20.6. The second-order valence-corrected chi connectivity index (χ2v) is 9.25. The molecule has 2 fully saturated rings. The first kappa shape index (κ1) is 23.0. The van der Waals surface area contributed by atoms with E-state index in [1.54, 1.807) is 12.1 Å². The number of carbonyl (C=O) groups excluding carboxylic acids is 1. The van der Waals surface area contributed by atoms with Crippen LogP contribution in [0.4, 0.5) is 8.78 Å². The molecule has 2 aliphatic heterocycles. The van der Waals surface area contributed by atoms with Gasteiger partial charge >= 0.3 is 0 Å². The van der Waals surface area contributed by atoms with Crippen LogP contribution in [0.2, 0.25) is 0 Å². The van der Waals surface area contributed by atoms with Gasteiger partial charge in [0.25, 0.3) is 5.91 Å². The van der Waals surface area contributed by atoms with Crippen LogP contribution < -0.4 is 5.32 Å². The number of aliphatic hydroxyl groups is 1. The monoisotopic (exact) mass is 470 g/mol. The number of halogens is 2. The molecule has 8 heteroatoms. The summed E-state index contributed by atoms with van der Waals surface area (Å²) < 4.78 is 38.7. The van der Waals surface area contributed by atoms with Gasteiger partial charge < -0.3 is 19.6 Å². The van der Waals surface area contributed by atoms with Crippen molar-refractivity contribution in [3.63, 3.8) is 0 Å². The molecule has 0 aliphatic carbocycles. The van der Waals surface area contributed by atoms with Crippen LogP contribution in [-0.2, 0) is 16.9 Å². The van der Waals surface area contributed by atoms with Gasteiger partial charge in [-0.25, -0.2) is 8.78 Å². The van der Waals surface area contributed by atoms with Crippen LogP contribution in [0.5, 0.6) is 0 Å². The Labute approximate surface area is 196 Å². The molecule has 2 saturated heterocycles. The summed E-state index contributed by atoms with van der Waals surface area (Å²) >= 11 is 0. The minimum atomic E-state index is -1.04. The van der Waals surface area contributed by atoms with E-state index in [0.29, 0.717) is 50.2 Å². The number of fused-ring (bicyclic) bond motifs is 1. The topological polar surface area (TPSA) is 74.9 Å². The van der Waals surface area contributed by atoms with Crippen molar-refractivity contribution in [2.75, 3.05) is 26.2 Å². The summed E-state index contributed by atoms with van der Waals surface area (Å²) in [4.78, 5) is 14.5. The number of benzene rings is 2. The van der Waals surface area contributed by atoms with Crippen LogP contribution in [0.25, 0.3) is 11.0 Å². The molecule has 5 rings (SSSR count). The van der Waals surface area contributed by atoms with Crippen LogP contribution >= 0.6 is 0 Å². The van der Waals surface area contributed by atoms with Crippen LogP contribution in [-0.4, -0.2) is 48.3 Å². The number of nitrogens with one attached hydrogen (secondary N) is 1. The minimum absolute atomic E-state index is 0.0532. The molecule has 2 N–H and O–H groups in total. The maximum absolute atomic E-state index is 14.0. The van der Waals surface area contributed by atoms with Gasteiger partial charge in [0, 0.05) is 43.7 Å². The number of nitrogens with zero attached hydrogens (tertiary/aromatic N) is 1. The number of amides is 1. The Balaban J connectivity index is 1.24. The van der Waals surface area contributed by atoms with E-state index in [2.05, 4.69) is 5.32 Å². The summed E-state index contributed by atoms with van der Waals surface area (Å²) in [5, 5.41) is 14.9. The average Bonchev–Trinajstić information content (AvgIpc) is 3.51. The van der Waals surface area contributed by atoms with E-state index in [4.69, 9.17) is 9.15 Å². The largest absolute Gasteiger partial charge is 0.451 e. The molecule has 3 aromatic rings. The molecule has 0 radical (unpaired) electrons. The molecule has 1 atom stereocenters. The van der Waals surface area contributed by atoms with E-state index in [0.717, 1.165) is 42.5 Å². The molecule has 180 valence electrons. The zero-order valence-corrected chi connectivity index (χ0v) is 18.9. The molecule has 0 spiro atoms. The summed E-state index contributed by atoms with van der Waals surface area (Å²) in [6.45, 7) is 2.58. The summed E-state index contributed by atoms with van der Waals surface area (Å²) in [7, 11) is 0. The van der Waals surface area contributed by atoms with E-state index in [-0.39, 0.29) is 17.8 Å². The summed E-state index contributed by atoms with van der Waals surface area (Å²) in [5.74, 6) is -0.949. The Morgan fingerprint density at radius 2 is 1.97 bits per heavy atom. The number of furan rings is 1. The number of piperidine rings is 1. The highest BCUT2D eigenvalue weighted by Crippen LogP contribution is 2.35. The Morgan fingerprint density at radius 1 is 1.15 bits per heavy atom. The van der Waals surface area contributed by atoms with Crippen molar-refractivity contribution in [2.24, 2.45) is 0 Å². The third kappa shape index (κ3) is 4.85. The van der Waals surface area contributed by atoms with Gasteiger partial charge in [-0.15, -0.1) is 0 Å². The van der Waals surface area contributed by atoms with Crippen molar-refractivity contribution < 1.29 is 27.8 Å². The number of hydrogen-bond acceptors (Lipinski definition) is 5. The second kappa shape index (κ2) is 9.44. The minimum Gasteiger partial charge on any atom is -0.451 e. The highest BCUT2D eigenvalue weighted by atomic mass is 19.1. The fourth-order valence-corrected chi connectivity index (χ4v) is 4.82. The molecule has 0 saturated carbocycles. The SMILES string of the molecule is O=C(NCC1CCCO1)c1cc2cc(C3(O)CCN(Cc4cc(F)ccc4F)CC3)ccc2o1. The molecule has 1 unspecified atom stereocenters. The van der Waals surface area contributed by atoms with Crippen molar-refractivity contribution in [3.05, 3.63) is 71.0 Å². The van der Waals surface area contributed by atoms with Crippen molar-refractivity contribution >= 4 is 16.9 Å². The van der Waals surface area contributed by atoms with Gasteiger partial charge in [0.05, 0.1) is 11.7 Å². The van der Waals surface area contributed by atoms with Gasteiger partial charge in [0.1, 0.15) is 17.2 Å². The Bertz CT molecular complexity index is 1180. The lowest BCUT2D eigenvalue weighted by Gasteiger charge is -2.38. The Hall–Kier alpha value is -2.81. The second-order valence-electron chi connectivity index (χ2n) is 9.25.